The normalized spacial score (nSPS) is 19.6. The SMILES string of the molecule is Cn1cc(Cl)c(CN2CCc3[nH]nc(CC4CCCCC4)c3C2)n1. The van der Waals surface area contributed by atoms with Crippen LogP contribution in [0.25, 0.3) is 0 Å². The van der Waals surface area contributed by atoms with E-state index in [-0.39, 0.29) is 0 Å². The van der Waals surface area contributed by atoms with Crippen molar-refractivity contribution in [3.05, 3.63) is 33.9 Å². The van der Waals surface area contributed by atoms with Crippen molar-refractivity contribution < 1.29 is 0 Å². The topological polar surface area (TPSA) is 49.7 Å². The summed E-state index contributed by atoms with van der Waals surface area (Å²) >= 11 is 6.27. The van der Waals surface area contributed by atoms with E-state index in [2.05, 4.69) is 20.2 Å². The second-order valence-electron chi connectivity index (χ2n) is 7.39. The summed E-state index contributed by atoms with van der Waals surface area (Å²) in [6, 6.07) is 0. The van der Waals surface area contributed by atoms with E-state index < -0.39 is 0 Å². The third-order valence-electron chi connectivity index (χ3n) is 5.53. The summed E-state index contributed by atoms with van der Waals surface area (Å²) in [5.74, 6) is 0.826. The molecule has 1 aliphatic carbocycles. The van der Waals surface area contributed by atoms with Gasteiger partial charge in [-0.25, -0.2) is 0 Å². The Labute approximate surface area is 148 Å². The summed E-state index contributed by atoms with van der Waals surface area (Å²) in [6.45, 7) is 2.80. The van der Waals surface area contributed by atoms with E-state index in [4.69, 9.17) is 11.6 Å². The lowest BCUT2D eigenvalue weighted by molar-refractivity contribution is 0.240. The van der Waals surface area contributed by atoms with Gasteiger partial charge in [-0.05, 0) is 12.3 Å². The smallest absolute Gasteiger partial charge is 0.0950 e. The Kier molecular flexibility index (Phi) is 4.63. The number of rotatable bonds is 4. The molecule has 1 N–H and O–H groups in total. The minimum atomic E-state index is 0.762. The maximum absolute atomic E-state index is 6.27. The van der Waals surface area contributed by atoms with Crippen LogP contribution in [0.4, 0.5) is 0 Å². The molecule has 1 fully saturated rings. The van der Waals surface area contributed by atoms with Crippen molar-refractivity contribution in [2.45, 2.75) is 58.0 Å². The molecular formula is C18H26ClN5. The number of halogens is 1. The van der Waals surface area contributed by atoms with E-state index in [1.165, 1.54) is 49.1 Å². The fourth-order valence-electron chi connectivity index (χ4n) is 4.20. The average molecular weight is 348 g/mol. The lowest BCUT2D eigenvalue weighted by atomic mass is 9.85. The molecule has 2 aliphatic rings. The monoisotopic (exact) mass is 347 g/mol. The van der Waals surface area contributed by atoms with Gasteiger partial charge >= 0.3 is 0 Å². The Balaban J connectivity index is 1.45. The van der Waals surface area contributed by atoms with Crippen molar-refractivity contribution in [3.8, 4) is 0 Å². The van der Waals surface area contributed by atoms with E-state index in [0.29, 0.717) is 0 Å². The van der Waals surface area contributed by atoms with Gasteiger partial charge in [0.2, 0.25) is 0 Å². The Bertz CT molecular complexity index is 698. The molecule has 4 rings (SSSR count). The predicted molar refractivity (Wildman–Crippen MR) is 94.9 cm³/mol. The number of hydrogen-bond donors (Lipinski definition) is 1. The number of hydrogen-bond acceptors (Lipinski definition) is 3. The third kappa shape index (κ3) is 3.38. The van der Waals surface area contributed by atoms with E-state index in [9.17, 15) is 0 Å². The molecule has 0 saturated heterocycles. The van der Waals surface area contributed by atoms with Crippen LogP contribution in [-0.4, -0.2) is 31.4 Å². The number of aryl methyl sites for hydroxylation is 1. The maximum atomic E-state index is 6.27. The highest BCUT2D eigenvalue weighted by Crippen LogP contribution is 2.30. The van der Waals surface area contributed by atoms with E-state index in [1.807, 2.05) is 13.2 Å². The lowest BCUT2D eigenvalue weighted by Crippen LogP contribution is -2.30. The molecule has 6 heteroatoms. The van der Waals surface area contributed by atoms with Gasteiger partial charge in [-0.2, -0.15) is 10.2 Å². The zero-order valence-corrected chi connectivity index (χ0v) is 15.1. The highest BCUT2D eigenvalue weighted by atomic mass is 35.5. The van der Waals surface area contributed by atoms with Gasteiger partial charge in [0.15, 0.2) is 0 Å². The second kappa shape index (κ2) is 6.89. The standard InChI is InChI=1S/C18H26ClN5/c1-23-11-15(19)18(22-23)12-24-8-7-16-14(10-24)17(21-20-16)9-13-5-3-2-4-6-13/h11,13H,2-10,12H2,1H3,(H,20,21). The van der Waals surface area contributed by atoms with E-state index in [1.54, 1.807) is 4.68 Å². The molecule has 0 aromatic carbocycles. The fraction of sp³-hybridized carbons (Fsp3) is 0.667. The molecule has 0 radical (unpaired) electrons. The zero-order valence-electron chi connectivity index (χ0n) is 14.4. The Morgan fingerprint density at radius 3 is 2.83 bits per heavy atom. The maximum Gasteiger partial charge on any atom is 0.0950 e. The molecule has 0 spiro atoms. The summed E-state index contributed by atoms with van der Waals surface area (Å²) in [5.41, 5.74) is 5.04. The van der Waals surface area contributed by atoms with Crippen molar-refractivity contribution in [2.24, 2.45) is 13.0 Å². The van der Waals surface area contributed by atoms with Crippen LogP contribution in [0.2, 0.25) is 5.02 Å². The van der Waals surface area contributed by atoms with Crippen LogP contribution >= 0.6 is 11.6 Å². The van der Waals surface area contributed by atoms with Gasteiger partial charge in [0.1, 0.15) is 0 Å². The van der Waals surface area contributed by atoms with Crippen LogP contribution in [0, 0.1) is 5.92 Å². The van der Waals surface area contributed by atoms with E-state index >= 15 is 0 Å². The number of aromatic amines is 1. The third-order valence-corrected chi connectivity index (χ3v) is 5.85. The fourth-order valence-corrected chi connectivity index (χ4v) is 4.44. The summed E-state index contributed by atoms with van der Waals surface area (Å²) in [4.78, 5) is 2.44. The molecular weight excluding hydrogens is 322 g/mol. The van der Waals surface area contributed by atoms with Crippen molar-refractivity contribution in [1.29, 1.82) is 0 Å². The second-order valence-corrected chi connectivity index (χ2v) is 7.80. The number of nitrogens with one attached hydrogen (secondary N) is 1. The molecule has 0 atom stereocenters. The molecule has 1 saturated carbocycles. The Hall–Kier alpha value is -1.33. The van der Waals surface area contributed by atoms with Gasteiger partial charge in [-0.1, -0.05) is 43.7 Å². The first-order valence-electron chi connectivity index (χ1n) is 9.14. The molecule has 2 aromatic rings. The number of nitrogens with zero attached hydrogens (tertiary/aromatic N) is 4. The van der Waals surface area contributed by atoms with Crippen LogP contribution in [0.5, 0.6) is 0 Å². The number of fused-ring (bicyclic) bond motifs is 1. The van der Waals surface area contributed by atoms with Gasteiger partial charge in [0.25, 0.3) is 0 Å². The van der Waals surface area contributed by atoms with Crippen LogP contribution in [0.15, 0.2) is 6.20 Å². The Morgan fingerprint density at radius 1 is 1.25 bits per heavy atom. The number of aromatic nitrogens is 4. The predicted octanol–water partition coefficient (Wildman–Crippen LogP) is 3.48. The van der Waals surface area contributed by atoms with Crippen LogP contribution in [-0.2, 0) is 33.0 Å². The van der Waals surface area contributed by atoms with Crippen LogP contribution < -0.4 is 0 Å². The van der Waals surface area contributed by atoms with Gasteiger partial charge in [-0.15, -0.1) is 0 Å². The molecule has 3 heterocycles. The summed E-state index contributed by atoms with van der Waals surface area (Å²) < 4.78 is 1.79. The van der Waals surface area contributed by atoms with Gasteiger partial charge in [0, 0.05) is 50.6 Å². The first-order chi connectivity index (χ1) is 11.7. The summed E-state index contributed by atoms with van der Waals surface area (Å²) in [6.07, 6.45) is 11.0. The Morgan fingerprint density at radius 2 is 2.08 bits per heavy atom. The number of H-pyrrole nitrogens is 1. The van der Waals surface area contributed by atoms with Crippen molar-refractivity contribution in [3.63, 3.8) is 0 Å². The zero-order chi connectivity index (χ0) is 16.5. The molecule has 5 nitrogen and oxygen atoms in total. The molecule has 0 bridgehead atoms. The molecule has 130 valence electrons. The highest BCUT2D eigenvalue weighted by Gasteiger charge is 2.25. The van der Waals surface area contributed by atoms with Crippen LogP contribution in [0.1, 0.15) is 54.7 Å². The highest BCUT2D eigenvalue weighted by molar-refractivity contribution is 6.31. The minimum Gasteiger partial charge on any atom is -0.293 e. The van der Waals surface area contributed by atoms with Gasteiger partial charge < -0.3 is 0 Å². The molecule has 24 heavy (non-hydrogen) atoms. The largest absolute Gasteiger partial charge is 0.293 e. The minimum absolute atomic E-state index is 0.762. The first kappa shape index (κ1) is 16.2. The molecule has 2 aromatic heterocycles. The van der Waals surface area contributed by atoms with E-state index in [0.717, 1.165) is 49.1 Å². The lowest BCUT2D eigenvalue weighted by Gasteiger charge is -2.27. The van der Waals surface area contributed by atoms with Gasteiger partial charge in [-0.3, -0.25) is 14.7 Å². The summed E-state index contributed by atoms with van der Waals surface area (Å²) in [7, 11) is 1.92. The van der Waals surface area contributed by atoms with Crippen molar-refractivity contribution in [1.82, 2.24) is 24.9 Å². The molecule has 1 aliphatic heterocycles. The van der Waals surface area contributed by atoms with Crippen molar-refractivity contribution in [2.75, 3.05) is 6.54 Å². The molecule has 0 unspecified atom stereocenters. The van der Waals surface area contributed by atoms with Crippen molar-refractivity contribution >= 4 is 11.6 Å². The summed E-state index contributed by atoms with van der Waals surface area (Å²) in [5, 5.41) is 13.2. The average Bonchev–Trinajstić information content (AvgIpc) is 3.11. The van der Waals surface area contributed by atoms with Crippen LogP contribution in [0.3, 0.4) is 0 Å². The quantitative estimate of drug-likeness (QED) is 0.921. The van der Waals surface area contributed by atoms with Gasteiger partial charge in [0.05, 0.1) is 16.4 Å². The molecule has 0 amide bonds. The first-order valence-corrected chi connectivity index (χ1v) is 9.52.